The average molecular weight is 262 g/mol. The van der Waals surface area contributed by atoms with Gasteiger partial charge in [-0.15, -0.1) is 0 Å². The first-order valence-corrected chi connectivity index (χ1v) is 7.16. The van der Waals surface area contributed by atoms with Gasteiger partial charge in [-0.2, -0.15) is 0 Å². The quantitative estimate of drug-likeness (QED) is 0.883. The Balaban J connectivity index is 2.04. The van der Waals surface area contributed by atoms with Gasteiger partial charge in [-0.1, -0.05) is 0 Å². The van der Waals surface area contributed by atoms with Crippen molar-refractivity contribution in [1.29, 1.82) is 0 Å². The van der Waals surface area contributed by atoms with E-state index in [-0.39, 0.29) is 0 Å². The molecule has 2 heterocycles. The van der Waals surface area contributed by atoms with Gasteiger partial charge in [0.15, 0.2) is 0 Å². The fourth-order valence-electron chi connectivity index (χ4n) is 2.64. The number of nitrogens with one attached hydrogen (secondary N) is 1. The van der Waals surface area contributed by atoms with E-state index in [2.05, 4.69) is 53.3 Å². The minimum Gasteiger partial charge on any atom is -0.313 e. The van der Waals surface area contributed by atoms with Gasteiger partial charge in [0.05, 0.1) is 0 Å². The van der Waals surface area contributed by atoms with Crippen molar-refractivity contribution in [2.24, 2.45) is 0 Å². The van der Waals surface area contributed by atoms with Crippen LogP contribution in [0.5, 0.6) is 0 Å². The van der Waals surface area contributed by atoms with Gasteiger partial charge in [0, 0.05) is 50.7 Å². The van der Waals surface area contributed by atoms with E-state index in [4.69, 9.17) is 0 Å². The van der Waals surface area contributed by atoms with Crippen molar-refractivity contribution in [3.63, 3.8) is 0 Å². The van der Waals surface area contributed by atoms with E-state index in [1.807, 2.05) is 12.4 Å². The van der Waals surface area contributed by atoms with Crippen molar-refractivity contribution in [1.82, 2.24) is 20.1 Å². The Morgan fingerprint density at radius 3 is 2.79 bits per heavy atom. The molecule has 1 fully saturated rings. The maximum absolute atomic E-state index is 4.10. The average Bonchev–Trinajstić information content (AvgIpc) is 2.55. The number of nitrogens with zero attached hydrogens (tertiary/aromatic N) is 3. The molecule has 2 atom stereocenters. The van der Waals surface area contributed by atoms with Crippen LogP contribution in [-0.2, 0) is 6.54 Å². The zero-order valence-electron chi connectivity index (χ0n) is 12.3. The van der Waals surface area contributed by atoms with Gasteiger partial charge in [-0.25, -0.2) is 0 Å². The zero-order chi connectivity index (χ0) is 13.7. The summed E-state index contributed by atoms with van der Waals surface area (Å²) in [6.45, 7) is 6.64. The van der Waals surface area contributed by atoms with Gasteiger partial charge in [0.25, 0.3) is 0 Å². The SMILES string of the molecule is CC1CCN(Cc2ccncc2)C(CN(C)C)CN1. The summed E-state index contributed by atoms with van der Waals surface area (Å²) in [5.41, 5.74) is 1.35. The monoisotopic (exact) mass is 262 g/mol. The Labute approximate surface area is 116 Å². The van der Waals surface area contributed by atoms with Gasteiger partial charge in [0.1, 0.15) is 0 Å². The molecule has 1 saturated heterocycles. The summed E-state index contributed by atoms with van der Waals surface area (Å²) in [5.74, 6) is 0. The molecule has 0 aliphatic carbocycles. The van der Waals surface area contributed by atoms with E-state index in [9.17, 15) is 0 Å². The van der Waals surface area contributed by atoms with Crippen LogP contribution in [0.25, 0.3) is 0 Å². The van der Waals surface area contributed by atoms with E-state index in [1.165, 1.54) is 12.0 Å². The molecule has 0 saturated carbocycles. The second-order valence-electron chi connectivity index (χ2n) is 5.84. The topological polar surface area (TPSA) is 31.4 Å². The number of hydrogen-bond acceptors (Lipinski definition) is 4. The molecule has 4 nitrogen and oxygen atoms in total. The molecule has 19 heavy (non-hydrogen) atoms. The first-order chi connectivity index (χ1) is 9.15. The highest BCUT2D eigenvalue weighted by atomic mass is 15.2. The van der Waals surface area contributed by atoms with Crippen molar-refractivity contribution in [2.75, 3.05) is 33.7 Å². The predicted octanol–water partition coefficient (Wildman–Crippen LogP) is 1.20. The molecule has 2 unspecified atom stereocenters. The lowest BCUT2D eigenvalue weighted by molar-refractivity contribution is 0.165. The van der Waals surface area contributed by atoms with Crippen LogP contribution in [0.1, 0.15) is 18.9 Å². The molecule has 1 aliphatic rings. The number of likely N-dealkylation sites (N-methyl/N-ethyl adjacent to an activating group) is 1. The fraction of sp³-hybridized carbons (Fsp3) is 0.667. The third-order valence-electron chi connectivity index (χ3n) is 3.78. The van der Waals surface area contributed by atoms with Gasteiger partial charge in [-0.05, 0) is 45.1 Å². The maximum Gasteiger partial charge on any atom is 0.0351 e. The van der Waals surface area contributed by atoms with Crippen molar-refractivity contribution in [2.45, 2.75) is 32.0 Å². The van der Waals surface area contributed by atoms with Crippen LogP contribution in [-0.4, -0.2) is 60.6 Å². The van der Waals surface area contributed by atoms with Crippen LogP contribution >= 0.6 is 0 Å². The molecule has 0 radical (unpaired) electrons. The lowest BCUT2D eigenvalue weighted by Crippen LogP contribution is -2.45. The Hall–Kier alpha value is -0.970. The summed E-state index contributed by atoms with van der Waals surface area (Å²) >= 11 is 0. The van der Waals surface area contributed by atoms with Crippen molar-refractivity contribution < 1.29 is 0 Å². The zero-order valence-corrected chi connectivity index (χ0v) is 12.3. The van der Waals surface area contributed by atoms with E-state index in [1.54, 1.807) is 0 Å². The Kier molecular flexibility index (Phi) is 5.31. The van der Waals surface area contributed by atoms with Crippen LogP contribution in [0.2, 0.25) is 0 Å². The van der Waals surface area contributed by atoms with E-state index in [0.717, 1.165) is 26.2 Å². The third-order valence-corrected chi connectivity index (χ3v) is 3.78. The largest absolute Gasteiger partial charge is 0.313 e. The first-order valence-electron chi connectivity index (χ1n) is 7.16. The standard InChI is InChI=1S/C15H26N4/c1-13-6-9-19(11-14-4-7-16-8-5-14)15(10-17-13)12-18(2)3/h4-5,7-8,13,15,17H,6,9-12H2,1-3H3. The van der Waals surface area contributed by atoms with Gasteiger partial charge in [0.2, 0.25) is 0 Å². The molecular weight excluding hydrogens is 236 g/mol. The Bertz CT molecular complexity index is 366. The van der Waals surface area contributed by atoms with Crippen LogP contribution in [0.15, 0.2) is 24.5 Å². The lowest BCUT2D eigenvalue weighted by atomic mass is 10.2. The second-order valence-corrected chi connectivity index (χ2v) is 5.84. The minimum atomic E-state index is 0.577. The van der Waals surface area contributed by atoms with Crippen molar-refractivity contribution in [3.05, 3.63) is 30.1 Å². The maximum atomic E-state index is 4.10. The van der Waals surface area contributed by atoms with Crippen molar-refractivity contribution in [3.8, 4) is 0 Å². The smallest absolute Gasteiger partial charge is 0.0351 e. The number of hydrogen-bond donors (Lipinski definition) is 1. The highest BCUT2D eigenvalue weighted by molar-refractivity contribution is 5.09. The lowest BCUT2D eigenvalue weighted by Gasteiger charge is -2.31. The molecule has 1 N–H and O–H groups in total. The summed E-state index contributed by atoms with van der Waals surface area (Å²) in [5, 5.41) is 3.63. The Morgan fingerprint density at radius 1 is 1.37 bits per heavy atom. The summed E-state index contributed by atoms with van der Waals surface area (Å²) in [4.78, 5) is 8.98. The summed E-state index contributed by atoms with van der Waals surface area (Å²) in [7, 11) is 4.30. The van der Waals surface area contributed by atoms with E-state index in [0.29, 0.717) is 12.1 Å². The molecule has 0 amide bonds. The molecule has 106 valence electrons. The van der Waals surface area contributed by atoms with Crippen LogP contribution in [0.4, 0.5) is 0 Å². The number of pyridine rings is 1. The molecule has 2 rings (SSSR count). The first kappa shape index (κ1) is 14.4. The van der Waals surface area contributed by atoms with Crippen molar-refractivity contribution >= 4 is 0 Å². The number of aromatic nitrogens is 1. The highest BCUT2D eigenvalue weighted by Gasteiger charge is 2.23. The molecule has 0 aromatic carbocycles. The summed E-state index contributed by atoms with van der Waals surface area (Å²) < 4.78 is 0. The van der Waals surface area contributed by atoms with Gasteiger partial charge in [-0.3, -0.25) is 9.88 Å². The Morgan fingerprint density at radius 2 is 2.11 bits per heavy atom. The van der Waals surface area contributed by atoms with Crippen LogP contribution in [0, 0.1) is 0 Å². The van der Waals surface area contributed by atoms with Crippen LogP contribution in [0.3, 0.4) is 0 Å². The van der Waals surface area contributed by atoms with E-state index >= 15 is 0 Å². The molecule has 0 spiro atoms. The fourth-order valence-corrected chi connectivity index (χ4v) is 2.64. The molecule has 1 aliphatic heterocycles. The summed E-state index contributed by atoms with van der Waals surface area (Å²) in [6, 6.07) is 5.43. The number of rotatable bonds is 4. The second kappa shape index (κ2) is 6.98. The van der Waals surface area contributed by atoms with Gasteiger partial charge >= 0.3 is 0 Å². The highest BCUT2D eigenvalue weighted by Crippen LogP contribution is 2.13. The molecule has 1 aromatic rings. The normalized spacial score (nSPS) is 25.5. The molecule has 4 heteroatoms. The molecule has 1 aromatic heterocycles. The van der Waals surface area contributed by atoms with E-state index < -0.39 is 0 Å². The van der Waals surface area contributed by atoms with Crippen LogP contribution < -0.4 is 5.32 Å². The van der Waals surface area contributed by atoms with Gasteiger partial charge < -0.3 is 10.2 Å². The predicted molar refractivity (Wildman–Crippen MR) is 79.1 cm³/mol. The summed E-state index contributed by atoms with van der Waals surface area (Å²) in [6.07, 6.45) is 4.99. The third kappa shape index (κ3) is 4.56. The minimum absolute atomic E-state index is 0.577. The molecular formula is C15H26N4. The molecule has 0 bridgehead atoms.